The van der Waals surface area contributed by atoms with Crippen molar-refractivity contribution in [1.82, 2.24) is 14.8 Å². The fourth-order valence-corrected chi connectivity index (χ4v) is 1.91. The van der Waals surface area contributed by atoms with Crippen molar-refractivity contribution in [3.63, 3.8) is 0 Å². The molecule has 0 aliphatic carbocycles. The molecule has 1 aromatic heterocycles. The number of carboxylic acids is 1. The summed E-state index contributed by atoms with van der Waals surface area (Å²) in [5.41, 5.74) is 0.0602. The average Bonchev–Trinajstić information content (AvgIpc) is 2.84. The Bertz CT molecular complexity index is 625. The van der Waals surface area contributed by atoms with Crippen molar-refractivity contribution in [2.75, 3.05) is 0 Å². The highest BCUT2D eigenvalue weighted by molar-refractivity contribution is 6.30. The molecule has 0 fully saturated rings. The van der Waals surface area contributed by atoms with Gasteiger partial charge in [-0.05, 0) is 32.0 Å². The summed E-state index contributed by atoms with van der Waals surface area (Å²) in [6.45, 7) is 4.07. The Morgan fingerprint density at radius 2 is 2.25 bits per heavy atom. The van der Waals surface area contributed by atoms with Crippen LogP contribution in [-0.4, -0.2) is 25.8 Å². The van der Waals surface area contributed by atoms with Gasteiger partial charge in [0, 0.05) is 11.1 Å². The first-order valence-corrected chi connectivity index (χ1v) is 6.41. The summed E-state index contributed by atoms with van der Waals surface area (Å²) >= 11 is 5.86. The van der Waals surface area contributed by atoms with Gasteiger partial charge in [0.15, 0.2) is 5.82 Å². The van der Waals surface area contributed by atoms with Crippen LogP contribution in [0.5, 0.6) is 5.75 Å². The molecule has 7 heteroatoms. The number of nitrogens with zero attached hydrogens (tertiary/aromatic N) is 3. The Morgan fingerprint density at radius 1 is 1.50 bits per heavy atom. The molecule has 0 spiro atoms. The lowest BCUT2D eigenvalue weighted by molar-refractivity contribution is 0.0691. The molecule has 6 nitrogen and oxygen atoms in total. The van der Waals surface area contributed by atoms with E-state index < -0.39 is 5.97 Å². The maximum atomic E-state index is 11.1. The largest absolute Gasteiger partial charge is 0.485 e. The van der Waals surface area contributed by atoms with Crippen molar-refractivity contribution in [2.24, 2.45) is 0 Å². The minimum absolute atomic E-state index is 0.0602. The predicted molar refractivity (Wildman–Crippen MR) is 73.2 cm³/mol. The number of hydrogen-bond donors (Lipinski definition) is 1. The Morgan fingerprint density at radius 3 is 2.90 bits per heavy atom. The van der Waals surface area contributed by atoms with E-state index in [0.29, 0.717) is 10.8 Å². The quantitative estimate of drug-likeness (QED) is 0.917. The first-order valence-electron chi connectivity index (χ1n) is 6.03. The third-order valence-electron chi connectivity index (χ3n) is 2.67. The van der Waals surface area contributed by atoms with E-state index in [-0.39, 0.29) is 24.0 Å². The van der Waals surface area contributed by atoms with Gasteiger partial charge in [-0.15, -0.1) is 0 Å². The summed E-state index contributed by atoms with van der Waals surface area (Å²) in [5.74, 6) is -0.235. The average molecular weight is 296 g/mol. The van der Waals surface area contributed by atoms with Crippen molar-refractivity contribution < 1.29 is 14.6 Å². The van der Waals surface area contributed by atoms with Gasteiger partial charge in [0.05, 0.1) is 0 Å². The molecule has 0 atom stereocenters. The molecular weight excluding hydrogens is 282 g/mol. The molecule has 2 aromatic rings. The number of carboxylic acid groups (broad SMARTS) is 1. The highest BCUT2D eigenvalue weighted by Crippen LogP contribution is 2.24. The molecule has 0 aliphatic heterocycles. The third kappa shape index (κ3) is 3.08. The van der Waals surface area contributed by atoms with Gasteiger partial charge in [-0.3, -0.25) is 0 Å². The molecule has 0 saturated heterocycles. The van der Waals surface area contributed by atoms with Gasteiger partial charge in [-0.25, -0.2) is 14.5 Å². The molecule has 2 rings (SSSR count). The molecule has 1 N–H and O–H groups in total. The monoisotopic (exact) mass is 295 g/mol. The predicted octanol–water partition coefficient (Wildman–Crippen LogP) is 2.79. The number of aromatic carboxylic acids is 1. The highest BCUT2D eigenvalue weighted by Gasteiger charge is 2.14. The van der Waals surface area contributed by atoms with Crippen molar-refractivity contribution in [3.05, 3.63) is 40.9 Å². The van der Waals surface area contributed by atoms with Gasteiger partial charge < -0.3 is 9.84 Å². The second kappa shape index (κ2) is 5.92. The van der Waals surface area contributed by atoms with Gasteiger partial charge in [-0.1, -0.05) is 11.6 Å². The van der Waals surface area contributed by atoms with Crippen LogP contribution in [0.2, 0.25) is 5.02 Å². The van der Waals surface area contributed by atoms with Crippen molar-refractivity contribution in [3.8, 4) is 5.75 Å². The van der Waals surface area contributed by atoms with Crippen LogP contribution >= 0.6 is 11.6 Å². The summed E-state index contributed by atoms with van der Waals surface area (Å²) in [6.07, 6.45) is 1.44. The maximum Gasteiger partial charge on any atom is 0.339 e. The number of benzene rings is 1. The van der Waals surface area contributed by atoms with Gasteiger partial charge in [0.25, 0.3) is 0 Å². The van der Waals surface area contributed by atoms with Crippen LogP contribution in [0, 0.1) is 0 Å². The standard InChI is InChI=1S/C13H14ClN3O3/c1-8(2)17-12(15-7-16-17)6-20-11-5-9(14)3-4-10(11)13(18)19/h3-5,7-8H,6H2,1-2H3,(H,18,19). The lowest BCUT2D eigenvalue weighted by atomic mass is 10.2. The van der Waals surface area contributed by atoms with Crippen LogP contribution < -0.4 is 4.74 Å². The molecular formula is C13H14ClN3O3. The third-order valence-corrected chi connectivity index (χ3v) is 2.90. The summed E-state index contributed by atoms with van der Waals surface area (Å²) < 4.78 is 7.24. The first kappa shape index (κ1) is 14.3. The molecule has 0 radical (unpaired) electrons. The molecule has 20 heavy (non-hydrogen) atoms. The summed E-state index contributed by atoms with van der Waals surface area (Å²) in [7, 11) is 0. The second-order valence-electron chi connectivity index (χ2n) is 4.45. The van der Waals surface area contributed by atoms with Crippen molar-refractivity contribution in [1.29, 1.82) is 0 Å². The number of hydrogen-bond acceptors (Lipinski definition) is 4. The van der Waals surface area contributed by atoms with Crippen LogP contribution in [0.15, 0.2) is 24.5 Å². The van der Waals surface area contributed by atoms with Crippen molar-refractivity contribution >= 4 is 17.6 Å². The topological polar surface area (TPSA) is 77.2 Å². The number of rotatable bonds is 5. The zero-order chi connectivity index (χ0) is 14.7. The van der Waals surface area contributed by atoms with E-state index in [4.69, 9.17) is 21.4 Å². The number of halogens is 1. The highest BCUT2D eigenvalue weighted by atomic mass is 35.5. The van der Waals surface area contributed by atoms with E-state index in [1.54, 1.807) is 4.68 Å². The first-order chi connectivity index (χ1) is 9.49. The van der Waals surface area contributed by atoms with Crippen LogP contribution in [-0.2, 0) is 6.61 Å². The van der Waals surface area contributed by atoms with Gasteiger partial charge in [0.2, 0.25) is 0 Å². The fraction of sp³-hybridized carbons (Fsp3) is 0.308. The molecule has 106 valence electrons. The van der Waals surface area contributed by atoms with Gasteiger partial charge in [0.1, 0.15) is 24.2 Å². The van der Waals surface area contributed by atoms with E-state index in [2.05, 4.69) is 10.1 Å². The van der Waals surface area contributed by atoms with Gasteiger partial charge in [-0.2, -0.15) is 5.10 Å². The van der Waals surface area contributed by atoms with E-state index >= 15 is 0 Å². The van der Waals surface area contributed by atoms with E-state index in [0.717, 1.165) is 0 Å². The Balaban J connectivity index is 2.20. The molecule has 0 unspecified atom stereocenters. The Hall–Kier alpha value is -2.08. The van der Waals surface area contributed by atoms with Gasteiger partial charge >= 0.3 is 5.97 Å². The SMILES string of the molecule is CC(C)n1ncnc1COc1cc(Cl)ccc1C(=O)O. The fourth-order valence-electron chi connectivity index (χ4n) is 1.74. The summed E-state index contributed by atoms with van der Waals surface area (Å²) in [4.78, 5) is 15.2. The van der Waals surface area contributed by atoms with E-state index in [9.17, 15) is 4.79 Å². The van der Waals surface area contributed by atoms with E-state index in [1.807, 2.05) is 13.8 Å². The van der Waals surface area contributed by atoms with Crippen LogP contribution in [0.25, 0.3) is 0 Å². The molecule has 0 aliphatic rings. The lowest BCUT2D eigenvalue weighted by Crippen LogP contribution is -2.11. The van der Waals surface area contributed by atoms with Crippen molar-refractivity contribution in [2.45, 2.75) is 26.5 Å². The maximum absolute atomic E-state index is 11.1. The Kier molecular flexibility index (Phi) is 4.24. The normalized spacial score (nSPS) is 10.8. The molecule has 0 bridgehead atoms. The smallest absolute Gasteiger partial charge is 0.339 e. The van der Waals surface area contributed by atoms with Crippen LogP contribution in [0.4, 0.5) is 0 Å². The Labute approximate surface area is 121 Å². The summed E-state index contributed by atoms with van der Waals surface area (Å²) in [5, 5.41) is 13.6. The molecule has 0 saturated carbocycles. The minimum Gasteiger partial charge on any atom is -0.485 e. The summed E-state index contributed by atoms with van der Waals surface area (Å²) in [6, 6.07) is 4.54. The molecule has 1 heterocycles. The van der Waals surface area contributed by atoms with E-state index in [1.165, 1.54) is 24.5 Å². The zero-order valence-electron chi connectivity index (χ0n) is 11.1. The number of carbonyl (C=O) groups is 1. The zero-order valence-corrected chi connectivity index (χ0v) is 11.8. The number of aromatic nitrogens is 3. The van der Waals surface area contributed by atoms with Crippen LogP contribution in [0.3, 0.4) is 0 Å². The van der Waals surface area contributed by atoms with Crippen LogP contribution in [0.1, 0.15) is 36.1 Å². The molecule has 1 aromatic carbocycles. The second-order valence-corrected chi connectivity index (χ2v) is 4.89. The lowest BCUT2D eigenvalue weighted by Gasteiger charge is -2.12. The number of ether oxygens (including phenoxy) is 1. The minimum atomic E-state index is -1.07. The molecule has 0 amide bonds.